The van der Waals surface area contributed by atoms with E-state index in [4.69, 9.17) is 9.72 Å². The molecule has 0 radical (unpaired) electrons. The summed E-state index contributed by atoms with van der Waals surface area (Å²) in [4.78, 5) is 7.15. The van der Waals surface area contributed by atoms with Crippen LogP contribution >= 0.6 is 0 Å². The largest absolute Gasteiger partial charge is 0.512 e. The SMILES string of the molecule is CC(C)(C)c1ccnc(-n2c3[c-]c(Oc4[c-]c(N5[CH-]C(Nc6cc(C(C)(C)c7ccccc7)cc(C(C)(C)c7ccccc7)c6)c6ccc(C(C)(C)C)cc65)ccc4)ccc3c3ccccc32)c1.[Pt]. The summed E-state index contributed by atoms with van der Waals surface area (Å²) in [6, 6.07) is 66.0. The maximum atomic E-state index is 6.70. The molecule has 0 spiro atoms. The molecule has 7 aromatic carbocycles. The van der Waals surface area contributed by atoms with Crippen molar-refractivity contribution in [3.63, 3.8) is 0 Å². The fourth-order valence-corrected chi connectivity index (χ4v) is 9.71. The molecule has 1 unspecified atom stereocenters. The minimum Gasteiger partial charge on any atom is -0.512 e. The number of ether oxygens (including phenoxy) is 1. The topological polar surface area (TPSA) is 42.3 Å². The Hall–Kier alpha value is -6.42. The van der Waals surface area contributed by atoms with Gasteiger partial charge in [-0.3, -0.25) is 0 Å². The molecule has 0 bridgehead atoms. The molecule has 1 atom stereocenters. The Morgan fingerprint density at radius 2 is 1.14 bits per heavy atom. The molecule has 1 aliphatic heterocycles. The quantitative estimate of drug-likeness (QED) is 0.139. The smallest absolute Gasteiger partial charge is 0.135 e. The Balaban J connectivity index is 0.00000593. The van der Waals surface area contributed by atoms with Crippen LogP contribution in [0.3, 0.4) is 0 Å². The van der Waals surface area contributed by atoms with Gasteiger partial charge in [0, 0.05) is 66.5 Å². The number of nitrogens with zero attached hydrogens (tertiary/aromatic N) is 3. The zero-order valence-corrected chi connectivity index (χ0v) is 43.7. The molecule has 5 nitrogen and oxygen atoms in total. The zero-order valence-electron chi connectivity index (χ0n) is 41.4. The van der Waals surface area contributed by atoms with E-state index in [1.54, 1.807) is 0 Å². The third-order valence-corrected chi connectivity index (χ3v) is 14.1. The van der Waals surface area contributed by atoms with Gasteiger partial charge in [0.25, 0.3) is 0 Å². The van der Waals surface area contributed by atoms with E-state index in [9.17, 15) is 0 Å². The van der Waals surface area contributed by atoms with Crippen molar-refractivity contribution in [3.05, 3.63) is 228 Å². The molecule has 0 amide bonds. The fraction of sp³-hybridized carbons (Fsp3) is 0.238. The van der Waals surface area contributed by atoms with E-state index >= 15 is 0 Å². The molecule has 10 rings (SSSR count). The summed E-state index contributed by atoms with van der Waals surface area (Å²) in [6.45, 7) is 25.1. The molecule has 6 heteroatoms. The predicted octanol–water partition coefficient (Wildman–Crippen LogP) is 16.3. The molecule has 352 valence electrons. The number of pyridine rings is 1. The molecule has 0 fully saturated rings. The van der Waals surface area contributed by atoms with Crippen molar-refractivity contribution >= 4 is 38.9 Å². The molecule has 1 N–H and O–H groups in total. The van der Waals surface area contributed by atoms with Crippen molar-refractivity contribution < 1.29 is 25.8 Å². The third kappa shape index (κ3) is 9.15. The van der Waals surface area contributed by atoms with Gasteiger partial charge in [0.2, 0.25) is 0 Å². The number of hydrogen-bond donors (Lipinski definition) is 1. The van der Waals surface area contributed by atoms with Gasteiger partial charge in [0.05, 0.1) is 0 Å². The van der Waals surface area contributed by atoms with Gasteiger partial charge < -0.3 is 19.5 Å². The third-order valence-electron chi connectivity index (χ3n) is 14.1. The van der Waals surface area contributed by atoms with Crippen LogP contribution in [0.25, 0.3) is 27.6 Å². The number of para-hydroxylation sites is 1. The van der Waals surface area contributed by atoms with Gasteiger partial charge >= 0.3 is 0 Å². The second kappa shape index (κ2) is 18.2. The molecular formula is C63H61N4OPt-3. The molecule has 0 saturated heterocycles. The van der Waals surface area contributed by atoms with E-state index in [-0.39, 0.29) is 48.8 Å². The van der Waals surface area contributed by atoms with Crippen molar-refractivity contribution in [1.82, 2.24) is 9.55 Å². The molecule has 0 saturated carbocycles. The maximum absolute atomic E-state index is 6.70. The van der Waals surface area contributed by atoms with E-state index in [0.717, 1.165) is 44.7 Å². The van der Waals surface area contributed by atoms with Crippen LogP contribution in [0.4, 0.5) is 17.1 Å². The number of aromatic nitrogens is 2. The van der Waals surface area contributed by atoms with Gasteiger partial charge in [-0.15, -0.1) is 41.4 Å². The Morgan fingerprint density at radius 3 is 1.80 bits per heavy atom. The van der Waals surface area contributed by atoms with Crippen LogP contribution in [0.15, 0.2) is 170 Å². The van der Waals surface area contributed by atoms with Crippen molar-refractivity contribution in [2.75, 3.05) is 10.2 Å². The predicted molar refractivity (Wildman–Crippen MR) is 283 cm³/mol. The first kappa shape index (κ1) is 47.6. The van der Waals surface area contributed by atoms with Gasteiger partial charge in [-0.05, 0) is 91.6 Å². The molecule has 3 heterocycles. The normalized spacial score (nSPS) is 14.2. The molecule has 9 aromatic rings. The number of anilines is 3. The van der Waals surface area contributed by atoms with Crippen LogP contribution in [0, 0.1) is 18.7 Å². The van der Waals surface area contributed by atoms with E-state index in [0.29, 0.717) is 11.5 Å². The van der Waals surface area contributed by atoms with E-state index < -0.39 is 0 Å². The van der Waals surface area contributed by atoms with Crippen molar-refractivity contribution in [2.45, 2.75) is 96.9 Å². The second-order valence-corrected chi connectivity index (χ2v) is 21.5. The maximum Gasteiger partial charge on any atom is 0.135 e. The van der Waals surface area contributed by atoms with Gasteiger partial charge in [-0.25, -0.2) is 11.5 Å². The molecule has 69 heavy (non-hydrogen) atoms. The summed E-state index contributed by atoms with van der Waals surface area (Å²) in [6.07, 6.45) is 1.91. The molecule has 0 aliphatic carbocycles. The van der Waals surface area contributed by atoms with Gasteiger partial charge in [-0.1, -0.05) is 178 Å². The number of nitrogens with one attached hydrogen (secondary N) is 1. The molecule has 1 aliphatic rings. The minimum absolute atomic E-state index is 0. The van der Waals surface area contributed by atoms with Crippen molar-refractivity contribution in [2.24, 2.45) is 0 Å². The number of fused-ring (bicyclic) bond motifs is 4. The summed E-state index contributed by atoms with van der Waals surface area (Å²) in [5.41, 5.74) is 13.3. The standard InChI is InChI=1S/C63H61N4O.Pt/c1-60(2,3)44-28-30-54-55(65-48-35-46(62(7,8)42-20-13-11-14-21-42)34-47(36-48)63(9,10)43-22-15-12-16-23-43)41-66(57(54)37-44)49-24-19-25-50(39-49)68-51-29-31-53-52-26-17-18-27-56(52)67(58(53)40-51)59-38-45(32-33-64-59)61(4,5)6;/h11-38,41,55,65H,1-10H3;/q-3;. The van der Waals surface area contributed by atoms with Gasteiger partial charge in [0.15, 0.2) is 0 Å². The number of benzene rings is 7. The summed E-state index contributed by atoms with van der Waals surface area (Å²) < 4.78 is 8.90. The molecule has 2 aromatic heterocycles. The average Bonchev–Trinajstić information content (AvgIpc) is 3.86. The van der Waals surface area contributed by atoms with Crippen LogP contribution in [-0.4, -0.2) is 9.55 Å². The monoisotopic (exact) mass is 1080 g/mol. The fourth-order valence-electron chi connectivity index (χ4n) is 9.71. The van der Waals surface area contributed by atoms with E-state index in [1.807, 2.05) is 24.4 Å². The van der Waals surface area contributed by atoms with Gasteiger partial charge in [-0.2, -0.15) is 12.1 Å². The summed E-state index contributed by atoms with van der Waals surface area (Å²) in [5, 5.41) is 6.28. The Labute approximate surface area is 423 Å². The number of hydrogen-bond acceptors (Lipinski definition) is 4. The summed E-state index contributed by atoms with van der Waals surface area (Å²) in [5.74, 6) is 2.07. The van der Waals surface area contributed by atoms with Crippen LogP contribution in [-0.2, 0) is 42.7 Å². The first-order valence-electron chi connectivity index (χ1n) is 23.9. The van der Waals surface area contributed by atoms with E-state index in [2.05, 4.69) is 248 Å². The van der Waals surface area contributed by atoms with Gasteiger partial charge in [0.1, 0.15) is 5.82 Å². The van der Waals surface area contributed by atoms with Crippen LogP contribution in [0.2, 0.25) is 0 Å². The Bertz CT molecular complexity index is 3230. The number of rotatable bonds is 10. The molecular weight excluding hydrogens is 1020 g/mol. The zero-order chi connectivity index (χ0) is 47.6. The van der Waals surface area contributed by atoms with E-state index in [1.165, 1.54) is 38.9 Å². The second-order valence-electron chi connectivity index (χ2n) is 21.5. The first-order chi connectivity index (χ1) is 32.4. The Morgan fingerprint density at radius 1 is 0.536 bits per heavy atom. The van der Waals surface area contributed by atoms with Crippen molar-refractivity contribution in [1.29, 1.82) is 0 Å². The van der Waals surface area contributed by atoms with Crippen molar-refractivity contribution in [3.8, 4) is 17.3 Å². The summed E-state index contributed by atoms with van der Waals surface area (Å²) >= 11 is 0. The Kier molecular flexibility index (Phi) is 12.5. The van der Waals surface area contributed by atoms with Crippen LogP contribution in [0.5, 0.6) is 11.5 Å². The minimum atomic E-state index is -0.242. The van der Waals surface area contributed by atoms with Crippen LogP contribution < -0.4 is 15.0 Å². The summed E-state index contributed by atoms with van der Waals surface area (Å²) in [7, 11) is 0. The first-order valence-corrected chi connectivity index (χ1v) is 23.9. The average molecular weight is 1090 g/mol. The van der Waals surface area contributed by atoms with Crippen LogP contribution in [0.1, 0.15) is 114 Å².